The van der Waals surface area contributed by atoms with Crippen LogP contribution in [0, 0.1) is 0 Å². The molecule has 1 rings (SSSR count). The van der Waals surface area contributed by atoms with Crippen LogP contribution in [0.1, 0.15) is 109 Å². The lowest BCUT2D eigenvalue weighted by atomic mass is 9.87. The molecule has 0 unspecified atom stereocenters. The predicted molar refractivity (Wildman–Crippen MR) is 116 cm³/mol. The lowest BCUT2D eigenvalue weighted by molar-refractivity contribution is 0.297. The number of rotatable bonds is 16. The van der Waals surface area contributed by atoms with E-state index in [1.165, 1.54) is 38.5 Å². The molecule has 0 heterocycles. The summed E-state index contributed by atoms with van der Waals surface area (Å²) in [6.07, 6.45) is 14.8. The molecule has 0 spiro atoms. The summed E-state index contributed by atoms with van der Waals surface area (Å²) in [5.41, 5.74) is 0.820. The topological polar surface area (TPSA) is 57.5 Å². The van der Waals surface area contributed by atoms with E-state index in [4.69, 9.17) is 0 Å². The van der Waals surface area contributed by atoms with E-state index in [1.807, 2.05) is 30.3 Å². The monoisotopic (exact) mass is 396 g/mol. The molecule has 0 aliphatic rings. The second-order valence-electron chi connectivity index (χ2n) is 7.98. The third kappa shape index (κ3) is 8.50. The van der Waals surface area contributed by atoms with Crippen molar-refractivity contribution in [2.24, 2.45) is 0 Å². The zero-order valence-electron chi connectivity index (χ0n) is 17.5. The zero-order chi connectivity index (χ0) is 20.0. The minimum atomic E-state index is -4.25. The smallest absolute Gasteiger partial charge is 0.324 e. The molecule has 1 aromatic carbocycles. The fraction of sp³-hybridized carbons (Fsp3) is 0.739. The molecule has 3 nitrogen and oxygen atoms in total. The molecule has 0 aromatic heterocycles. The molecule has 2 N–H and O–H groups in total. The Morgan fingerprint density at radius 2 is 1.11 bits per heavy atom. The lowest BCUT2D eigenvalue weighted by Crippen LogP contribution is -2.26. The third-order valence-corrected chi connectivity index (χ3v) is 7.58. The maximum atomic E-state index is 12.7. The highest BCUT2D eigenvalue weighted by molar-refractivity contribution is 7.53. The Balaban J connectivity index is 2.80. The molecule has 0 saturated heterocycles. The molecule has 0 aliphatic heterocycles. The molecule has 0 radical (unpaired) electrons. The molecule has 4 heteroatoms. The van der Waals surface area contributed by atoms with Crippen LogP contribution in [-0.4, -0.2) is 9.79 Å². The average molecular weight is 397 g/mol. The van der Waals surface area contributed by atoms with E-state index in [0.29, 0.717) is 12.8 Å². The Hall–Kier alpha value is -0.630. The van der Waals surface area contributed by atoms with Gasteiger partial charge in [-0.15, -0.1) is 0 Å². The van der Waals surface area contributed by atoms with Crippen molar-refractivity contribution in [1.29, 1.82) is 0 Å². The zero-order valence-corrected chi connectivity index (χ0v) is 18.4. The first kappa shape index (κ1) is 24.4. The summed E-state index contributed by atoms with van der Waals surface area (Å²) in [6, 6.07) is 9.55. The van der Waals surface area contributed by atoms with Crippen molar-refractivity contribution in [3.63, 3.8) is 0 Å². The standard InChI is InChI=1S/C23H41O3P/c1-3-5-7-9-11-16-20-23(27(24,25)26,22-18-14-13-15-19-22)21-17-12-10-8-6-4-2/h13-15,18-19H,3-12,16-17,20-21H2,1-2H3,(H2,24,25,26). The first-order chi connectivity index (χ1) is 13.0. The van der Waals surface area contributed by atoms with Crippen molar-refractivity contribution >= 4 is 7.60 Å². The van der Waals surface area contributed by atoms with Crippen LogP contribution in [0.2, 0.25) is 0 Å². The van der Waals surface area contributed by atoms with Crippen molar-refractivity contribution in [3.05, 3.63) is 35.9 Å². The van der Waals surface area contributed by atoms with Gasteiger partial charge < -0.3 is 9.79 Å². The van der Waals surface area contributed by atoms with Gasteiger partial charge in [-0.2, -0.15) is 0 Å². The van der Waals surface area contributed by atoms with E-state index >= 15 is 0 Å². The van der Waals surface area contributed by atoms with Crippen LogP contribution in [-0.2, 0) is 9.72 Å². The van der Waals surface area contributed by atoms with Gasteiger partial charge in [-0.25, -0.2) is 0 Å². The van der Waals surface area contributed by atoms with Gasteiger partial charge in [0.15, 0.2) is 0 Å². The van der Waals surface area contributed by atoms with E-state index in [2.05, 4.69) is 13.8 Å². The van der Waals surface area contributed by atoms with E-state index < -0.39 is 12.8 Å². The van der Waals surface area contributed by atoms with Crippen LogP contribution in [0.25, 0.3) is 0 Å². The molecule has 0 fully saturated rings. The second kappa shape index (κ2) is 13.5. The van der Waals surface area contributed by atoms with Crippen LogP contribution in [0.3, 0.4) is 0 Å². The summed E-state index contributed by atoms with van der Waals surface area (Å²) in [7, 11) is -4.25. The second-order valence-corrected chi connectivity index (χ2v) is 9.92. The molecule has 0 amide bonds. The number of hydrogen-bond donors (Lipinski definition) is 2. The van der Waals surface area contributed by atoms with Crippen LogP contribution in [0.5, 0.6) is 0 Å². The number of benzene rings is 1. The summed E-state index contributed by atoms with van der Waals surface area (Å²) in [5.74, 6) is 0. The Kier molecular flexibility index (Phi) is 12.2. The third-order valence-electron chi connectivity index (χ3n) is 5.76. The van der Waals surface area contributed by atoms with Gasteiger partial charge in [0.25, 0.3) is 0 Å². The minimum Gasteiger partial charge on any atom is -0.324 e. The first-order valence-corrected chi connectivity index (χ1v) is 12.7. The molecule has 1 aromatic rings. The highest BCUT2D eigenvalue weighted by atomic mass is 31.2. The number of hydrogen-bond acceptors (Lipinski definition) is 1. The van der Waals surface area contributed by atoms with E-state index in [9.17, 15) is 14.4 Å². The molecular formula is C23H41O3P. The van der Waals surface area contributed by atoms with Gasteiger partial charge in [0.05, 0.1) is 5.16 Å². The van der Waals surface area contributed by atoms with Crippen molar-refractivity contribution in [1.82, 2.24) is 0 Å². The fourth-order valence-electron chi connectivity index (χ4n) is 4.02. The maximum absolute atomic E-state index is 12.7. The Morgan fingerprint density at radius 3 is 1.52 bits per heavy atom. The highest BCUT2D eigenvalue weighted by Crippen LogP contribution is 2.62. The minimum absolute atomic E-state index is 0.586. The van der Waals surface area contributed by atoms with E-state index in [1.54, 1.807) is 0 Å². The molecule has 27 heavy (non-hydrogen) atoms. The molecule has 0 atom stereocenters. The van der Waals surface area contributed by atoms with Crippen LogP contribution < -0.4 is 0 Å². The lowest BCUT2D eigenvalue weighted by Gasteiger charge is -2.35. The summed E-state index contributed by atoms with van der Waals surface area (Å²) in [5, 5.41) is -1.01. The van der Waals surface area contributed by atoms with Crippen molar-refractivity contribution in [2.45, 2.75) is 109 Å². The van der Waals surface area contributed by atoms with Crippen LogP contribution in [0.15, 0.2) is 30.3 Å². The Morgan fingerprint density at radius 1 is 0.704 bits per heavy atom. The normalized spacial score (nSPS) is 12.4. The summed E-state index contributed by atoms with van der Waals surface area (Å²) in [4.78, 5) is 20.7. The summed E-state index contributed by atoms with van der Waals surface area (Å²) in [6.45, 7) is 4.41. The summed E-state index contributed by atoms with van der Waals surface area (Å²) >= 11 is 0. The highest BCUT2D eigenvalue weighted by Gasteiger charge is 2.46. The largest absolute Gasteiger partial charge is 0.335 e. The molecule has 156 valence electrons. The van der Waals surface area contributed by atoms with Gasteiger partial charge in [-0.1, -0.05) is 121 Å². The van der Waals surface area contributed by atoms with Gasteiger partial charge in [0.1, 0.15) is 0 Å². The average Bonchev–Trinajstić information content (AvgIpc) is 2.65. The fourth-order valence-corrected chi connectivity index (χ4v) is 5.40. The molecule has 0 saturated carbocycles. The van der Waals surface area contributed by atoms with Crippen LogP contribution >= 0.6 is 7.60 Å². The van der Waals surface area contributed by atoms with Crippen molar-refractivity contribution in [3.8, 4) is 0 Å². The number of unbranched alkanes of at least 4 members (excludes halogenated alkanes) is 10. The van der Waals surface area contributed by atoms with Crippen molar-refractivity contribution < 1.29 is 14.4 Å². The molecule has 0 bridgehead atoms. The Bertz CT molecular complexity index is 508. The molecular weight excluding hydrogens is 355 g/mol. The van der Waals surface area contributed by atoms with Gasteiger partial charge in [0, 0.05) is 0 Å². The van der Waals surface area contributed by atoms with Gasteiger partial charge >= 0.3 is 7.60 Å². The summed E-state index contributed by atoms with van der Waals surface area (Å²) < 4.78 is 12.7. The SMILES string of the molecule is CCCCCCCCC(CCCCCCCC)(c1ccccc1)P(=O)(O)O. The van der Waals surface area contributed by atoms with Gasteiger partial charge in [-0.05, 0) is 18.4 Å². The predicted octanol–water partition coefficient (Wildman–Crippen LogP) is 7.56. The van der Waals surface area contributed by atoms with E-state index in [-0.39, 0.29) is 0 Å². The Labute approximate surface area is 167 Å². The maximum Gasteiger partial charge on any atom is 0.335 e. The quantitative estimate of drug-likeness (QED) is 0.224. The molecule has 0 aliphatic carbocycles. The van der Waals surface area contributed by atoms with Gasteiger partial charge in [0.2, 0.25) is 0 Å². The van der Waals surface area contributed by atoms with Crippen LogP contribution in [0.4, 0.5) is 0 Å². The first-order valence-electron chi connectivity index (χ1n) is 11.1. The van der Waals surface area contributed by atoms with Gasteiger partial charge in [-0.3, -0.25) is 4.57 Å². The van der Waals surface area contributed by atoms with E-state index in [0.717, 1.165) is 44.1 Å². The van der Waals surface area contributed by atoms with Crippen molar-refractivity contribution in [2.75, 3.05) is 0 Å².